The molecule has 3 nitrogen and oxygen atoms in total. The number of aliphatic hydroxyl groups excluding tert-OH is 1. The third-order valence-electron chi connectivity index (χ3n) is 4.93. The van der Waals surface area contributed by atoms with Crippen molar-refractivity contribution < 1.29 is 9.84 Å². The Hall–Kier alpha value is -1.06. The SMILES string of the molecule is OCC1CCN(Cc2ccccc2OC2CCCC2)CC1. The third-order valence-corrected chi connectivity index (χ3v) is 4.93. The van der Waals surface area contributed by atoms with Gasteiger partial charge >= 0.3 is 0 Å². The van der Waals surface area contributed by atoms with Crippen molar-refractivity contribution in [2.75, 3.05) is 19.7 Å². The van der Waals surface area contributed by atoms with E-state index in [1.54, 1.807) is 0 Å². The lowest BCUT2D eigenvalue weighted by Crippen LogP contribution is -2.34. The first-order valence-corrected chi connectivity index (χ1v) is 8.43. The van der Waals surface area contributed by atoms with Crippen molar-refractivity contribution in [1.29, 1.82) is 0 Å². The second-order valence-corrected chi connectivity index (χ2v) is 6.53. The smallest absolute Gasteiger partial charge is 0.124 e. The second-order valence-electron chi connectivity index (χ2n) is 6.53. The van der Waals surface area contributed by atoms with Crippen molar-refractivity contribution in [3.05, 3.63) is 29.8 Å². The van der Waals surface area contributed by atoms with Crippen LogP contribution in [0.1, 0.15) is 44.1 Å². The number of para-hydroxylation sites is 1. The van der Waals surface area contributed by atoms with Crippen LogP contribution in [-0.2, 0) is 6.54 Å². The summed E-state index contributed by atoms with van der Waals surface area (Å²) in [6, 6.07) is 8.50. The molecule has 1 aromatic rings. The van der Waals surface area contributed by atoms with Gasteiger partial charge in [0.05, 0.1) is 6.10 Å². The fraction of sp³-hybridized carbons (Fsp3) is 0.667. The zero-order valence-corrected chi connectivity index (χ0v) is 12.8. The van der Waals surface area contributed by atoms with Gasteiger partial charge in [-0.05, 0) is 63.6 Å². The van der Waals surface area contributed by atoms with Crippen LogP contribution in [0.5, 0.6) is 5.75 Å². The highest BCUT2D eigenvalue weighted by Gasteiger charge is 2.21. The van der Waals surface area contributed by atoms with E-state index in [0.717, 1.165) is 38.2 Å². The van der Waals surface area contributed by atoms with E-state index in [1.165, 1.54) is 31.2 Å². The zero-order chi connectivity index (χ0) is 14.5. The molecule has 2 fully saturated rings. The Morgan fingerprint density at radius 1 is 1.05 bits per heavy atom. The van der Waals surface area contributed by atoms with Crippen LogP contribution >= 0.6 is 0 Å². The molecular formula is C18H27NO2. The summed E-state index contributed by atoms with van der Waals surface area (Å²) in [5.41, 5.74) is 1.31. The van der Waals surface area contributed by atoms with Gasteiger partial charge in [-0.15, -0.1) is 0 Å². The highest BCUT2D eigenvalue weighted by Crippen LogP contribution is 2.28. The highest BCUT2D eigenvalue weighted by molar-refractivity contribution is 5.33. The monoisotopic (exact) mass is 289 g/mol. The summed E-state index contributed by atoms with van der Waals surface area (Å²) in [6.45, 7) is 3.49. The van der Waals surface area contributed by atoms with E-state index in [4.69, 9.17) is 4.74 Å². The third kappa shape index (κ3) is 3.98. The topological polar surface area (TPSA) is 32.7 Å². The number of ether oxygens (including phenoxy) is 1. The molecule has 3 heteroatoms. The quantitative estimate of drug-likeness (QED) is 0.903. The Labute approximate surface area is 127 Å². The zero-order valence-electron chi connectivity index (χ0n) is 12.8. The number of piperidine rings is 1. The minimum atomic E-state index is 0.342. The van der Waals surface area contributed by atoms with Crippen molar-refractivity contribution >= 4 is 0 Å². The molecule has 1 saturated carbocycles. The van der Waals surface area contributed by atoms with Gasteiger partial charge in [0, 0.05) is 18.7 Å². The van der Waals surface area contributed by atoms with Crippen LogP contribution in [0.25, 0.3) is 0 Å². The van der Waals surface area contributed by atoms with E-state index in [1.807, 2.05) is 0 Å². The molecule has 0 aromatic heterocycles. The number of hydrogen-bond acceptors (Lipinski definition) is 3. The minimum Gasteiger partial charge on any atom is -0.490 e. The summed E-state index contributed by atoms with van der Waals surface area (Å²) in [7, 11) is 0. The molecule has 0 radical (unpaired) electrons. The van der Waals surface area contributed by atoms with E-state index < -0.39 is 0 Å². The number of nitrogens with zero attached hydrogens (tertiary/aromatic N) is 1. The van der Waals surface area contributed by atoms with Gasteiger partial charge in [-0.25, -0.2) is 0 Å². The first-order valence-electron chi connectivity index (χ1n) is 8.43. The Morgan fingerprint density at radius 3 is 2.48 bits per heavy atom. The van der Waals surface area contributed by atoms with Crippen LogP contribution in [0.4, 0.5) is 0 Å². The normalized spacial score (nSPS) is 21.8. The van der Waals surface area contributed by atoms with Gasteiger partial charge in [0.25, 0.3) is 0 Å². The first-order chi connectivity index (χ1) is 10.3. The number of benzene rings is 1. The fourth-order valence-corrected chi connectivity index (χ4v) is 3.50. The second kappa shape index (κ2) is 7.28. The molecule has 0 atom stereocenters. The largest absolute Gasteiger partial charge is 0.490 e. The molecule has 1 heterocycles. The molecule has 0 spiro atoms. The molecule has 116 valence electrons. The Balaban J connectivity index is 1.59. The molecule has 2 aliphatic rings. The summed E-state index contributed by atoms with van der Waals surface area (Å²) < 4.78 is 6.22. The lowest BCUT2D eigenvalue weighted by molar-refractivity contribution is 0.125. The predicted octanol–water partition coefficient (Wildman–Crippen LogP) is 3.21. The molecule has 21 heavy (non-hydrogen) atoms. The van der Waals surface area contributed by atoms with Crippen LogP contribution in [0.15, 0.2) is 24.3 Å². The van der Waals surface area contributed by atoms with Crippen LogP contribution < -0.4 is 4.74 Å². The van der Waals surface area contributed by atoms with Gasteiger partial charge in [-0.1, -0.05) is 18.2 Å². The Kier molecular flexibility index (Phi) is 5.15. The van der Waals surface area contributed by atoms with Crippen molar-refractivity contribution in [2.24, 2.45) is 5.92 Å². The Bertz CT molecular complexity index is 435. The summed E-state index contributed by atoms with van der Waals surface area (Å²) in [5.74, 6) is 1.58. The van der Waals surface area contributed by atoms with Crippen LogP contribution in [-0.4, -0.2) is 35.8 Å². The van der Waals surface area contributed by atoms with Gasteiger partial charge in [-0.3, -0.25) is 4.90 Å². The Morgan fingerprint density at radius 2 is 1.76 bits per heavy atom. The number of hydrogen-bond donors (Lipinski definition) is 1. The molecule has 1 aliphatic carbocycles. The number of likely N-dealkylation sites (tertiary alicyclic amines) is 1. The average Bonchev–Trinajstić information content (AvgIpc) is 3.03. The predicted molar refractivity (Wildman–Crippen MR) is 84.4 cm³/mol. The van der Waals surface area contributed by atoms with Gasteiger partial charge in [0.1, 0.15) is 5.75 Å². The molecule has 1 aliphatic heterocycles. The molecular weight excluding hydrogens is 262 g/mol. The maximum Gasteiger partial charge on any atom is 0.124 e. The molecule has 0 bridgehead atoms. The molecule has 3 rings (SSSR count). The number of rotatable bonds is 5. The lowest BCUT2D eigenvalue weighted by atomic mass is 9.97. The van der Waals surface area contributed by atoms with Crippen LogP contribution in [0.3, 0.4) is 0 Å². The van der Waals surface area contributed by atoms with Crippen LogP contribution in [0.2, 0.25) is 0 Å². The fourth-order valence-electron chi connectivity index (χ4n) is 3.50. The maximum absolute atomic E-state index is 9.23. The first kappa shape index (κ1) is 14.9. The van der Waals surface area contributed by atoms with E-state index in [-0.39, 0.29) is 0 Å². The van der Waals surface area contributed by atoms with Gasteiger partial charge < -0.3 is 9.84 Å². The summed E-state index contributed by atoms with van der Waals surface area (Å²) in [6.07, 6.45) is 7.67. The van der Waals surface area contributed by atoms with Crippen molar-refractivity contribution in [1.82, 2.24) is 4.90 Å². The van der Waals surface area contributed by atoms with Gasteiger partial charge in [-0.2, -0.15) is 0 Å². The molecule has 0 unspecified atom stereocenters. The minimum absolute atomic E-state index is 0.342. The molecule has 1 saturated heterocycles. The van der Waals surface area contributed by atoms with Crippen molar-refractivity contribution in [2.45, 2.75) is 51.2 Å². The lowest BCUT2D eigenvalue weighted by Gasteiger charge is -2.31. The average molecular weight is 289 g/mol. The van der Waals surface area contributed by atoms with E-state index in [2.05, 4.69) is 29.2 Å². The summed E-state index contributed by atoms with van der Waals surface area (Å²) in [4.78, 5) is 2.49. The highest BCUT2D eigenvalue weighted by atomic mass is 16.5. The van der Waals surface area contributed by atoms with Crippen LogP contribution in [0, 0.1) is 5.92 Å². The summed E-state index contributed by atoms with van der Waals surface area (Å²) in [5, 5.41) is 9.23. The van der Waals surface area contributed by atoms with E-state index in [9.17, 15) is 5.11 Å². The number of aliphatic hydroxyl groups is 1. The van der Waals surface area contributed by atoms with Crippen molar-refractivity contribution in [3.8, 4) is 5.75 Å². The molecule has 0 amide bonds. The van der Waals surface area contributed by atoms with Crippen molar-refractivity contribution in [3.63, 3.8) is 0 Å². The molecule has 1 N–H and O–H groups in total. The van der Waals surface area contributed by atoms with Gasteiger partial charge in [0.15, 0.2) is 0 Å². The van der Waals surface area contributed by atoms with E-state index in [0.29, 0.717) is 18.6 Å². The molecule has 1 aromatic carbocycles. The van der Waals surface area contributed by atoms with Gasteiger partial charge in [0.2, 0.25) is 0 Å². The summed E-state index contributed by atoms with van der Waals surface area (Å²) >= 11 is 0. The standard InChI is InChI=1S/C18H27NO2/c20-14-15-9-11-19(12-10-15)13-16-5-1-4-8-18(16)21-17-6-2-3-7-17/h1,4-5,8,15,17,20H,2-3,6-7,9-14H2. The maximum atomic E-state index is 9.23. The van der Waals surface area contributed by atoms with E-state index >= 15 is 0 Å².